The Bertz CT molecular complexity index is 914. The van der Waals surface area contributed by atoms with Gasteiger partial charge in [-0.2, -0.15) is 0 Å². The third kappa shape index (κ3) is 6.02. The fourth-order valence-electron chi connectivity index (χ4n) is 4.77. The molecule has 2 aromatic rings. The maximum absolute atomic E-state index is 12.6. The maximum atomic E-state index is 12.6. The Balaban J connectivity index is 1.22. The molecular formula is C26H34N4O2. The van der Waals surface area contributed by atoms with Crippen LogP contribution in [0.2, 0.25) is 0 Å². The Hall–Kier alpha value is -3.02. The molecule has 1 saturated carbocycles. The number of aryl methyl sites for hydroxylation is 1. The highest BCUT2D eigenvalue weighted by Crippen LogP contribution is 2.29. The van der Waals surface area contributed by atoms with Crippen molar-refractivity contribution in [3.05, 3.63) is 54.1 Å². The van der Waals surface area contributed by atoms with Gasteiger partial charge in [0.1, 0.15) is 0 Å². The first-order chi connectivity index (χ1) is 15.6. The molecule has 2 fully saturated rings. The van der Waals surface area contributed by atoms with Crippen molar-refractivity contribution in [1.29, 1.82) is 0 Å². The van der Waals surface area contributed by atoms with Gasteiger partial charge >= 0.3 is 6.03 Å². The molecule has 2 aliphatic rings. The van der Waals surface area contributed by atoms with Crippen molar-refractivity contribution in [1.82, 2.24) is 4.90 Å². The molecule has 2 aromatic carbocycles. The van der Waals surface area contributed by atoms with Gasteiger partial charge in [-0.25, -0.2) is 4.79 Å². The second kappa shape index (κ2) is 10.5. The molecule has 1 heterocycles. The molecule has 0 atom stereocenters. The topological polar surface area (TPSA) is 64.7 Å². The molecular weight excluding hydrogens is 400 g/mol. The summed E-state index contributed by atoms with van der Waals surface area (Å²) in [5.74, 6) is 1.09. The van der Waals surface area contributed by atoms with Crippen LogP contribution >= 0.6 is 0 Å². The van der Waals surface area contributed by atoms with E-state index in [2.05, 4.69) is 15.5 Å². The lowest BCUT2D eigenvalue weighted by molar-refractivity contribution is -0.131. The van der Waals surface area contributed by atoms with Gasteiger partial charge in [-0.05, 0) is 61.2 Å². The molecule has 1 aliphatic carbocycles. The first-order valence-corrected chi connectivity index (χ1v) is 11.8. The van der Waals surface area contributed by atoms with Crippen molar-refractivity contribution >= 4 is 29.0 Å². The maximum Gasteiger partial charge on any atom is 0.323 e. The monoisotopic (exact) mass is 434 g/mol. The molecule has 0 spiro atoms. The summed E-state index contributed by atoms with van der Waals surface area (Å²) >= 11 is 0. The van der Waals surface area contributed by atoms with Crippen molar-refractivity contribution in [3.63, 3.8) is 0 Å². The standard InChI is InChI=1S/C26H34N4O2/c1-20-5-4-8-23(19-20)28-26(32)27-22-10-12-24(13-11-22)29-15-17-30(18-16-29)25(31)14-9-21-6-2-3-7-21/h4-5,8,10-13,19,21H,2-3,6-7,9,14-18H2,1H3,(H2,27,28,32). The normalized spacial score (nSPS) is 16.8. The third-order valence-corrected chi connectivity index (χ3v) is 6.64. The molecule has 1 aliphatic heterocycles. The van der Waals surface area contributed by atoms with Crippen molar-refractivity contribution in [2.45, 2.75) is 45.4 Å². The summed E-state index contributed by atoms with van der Waals surface area (Å²) in [6, 6.07) is 15.4. The van der Waals surface area contributed by atoms with E-state index in [1.165, 1.54) is 25.7 Å². The largest absolute Gasteiger partial charge is 0.368 e. The first kappa shape index (κ1) is 22.2. The number of hydrogen-bond donors (Lipinski definition) is 2. The van der Waals surface area contributed by atoms with Crippen LogP contribution in [0.1, 0.15) is 44.1 Å². The number of carbonyl (C=O) groups excluding carboxylic acids is 2. The number of amides is 3. The van der Waals surface area contributed by atoms with E-state index in [-0.39, 0.29) is 6.03 Å². The van der Waals surface area contributed by atoms with Crippen LogP contribution in [-0.4, -0.2) is 43.0 Å². The minimum atomic E-state index is -0.256. The van der Waals surface area contributed by atoms with Crippen LogP contribution in [0.25, 0.3) is 0 Å². The minimum Gasteiger partial charge on any atom is -0.368 e. The molecule has 2 N–H and O–H groups in total. The van der Waals surface area contributed by atoms with Crippen molar-refractivity contribution in [2.24, 2.45) is 5.92 Å². The Morgan fingerprint density at radius 1 is 0.906 bits per heavy atom. The van der Waals surface area contributed by atoms with E-state index in [1.807, 2.05) is 60.4 Å². The van der Waals surface area contributed by atoms with Crippen LogP contribution in [0.5, 0.6) is 0 Å². The number of rotatable bonds is 6. The summed E-state index contributed by atoms with van der Waals surface area (Å²) in [6.45, 7) is 5.24. The lowest BCUT2D eigenvalue weighted by Gasteiger charge is -2.36. The van der Waals surface area contributed by atoms with E-state index in [0.29, 0.717) is 12.3 Å². The molecule has 170 valence electrons. The number of nitrogens with one attached hydrogen (secondary N) is 2. The fourth-order valence-corrected chi connectivity index (χ4v) is 4.77. The van der Waals surface area contributed by atoms with Gasteiger partial charge in [0, 0.05) is 49.7 Å². The van der Waals surface area contributed by atoms with Crippen LogP contribution in [0.15, 0.2) is 48.5 Å². The van der Waals surface area contributed by atoms with E-state index in [9.17, 15) is 9.59 Å². The van der Waals surface area contributed by atoms with Gasteiger partial charge in [-0.15, -0.1) is 0 Å². The molecule has 4 rings (SSSR count). The van der Waals surface area contributed by atoms with Gasteiger partial charge < -0.3 is 20.4 Å². The number of hydrogen-bond acceptors (Lipinski definition) is 3. The van der Waals surface area contributed by atoms with E-state index in [1.54, 1.807) is 0 Å². The van der Waals surface area contributed by atoms with E-state index < -0.39 is 0 Å². The van der Waals surface area contributed by atoms with E-state index in [4.69, 9.17) is 0 Å². The molecule has 6 heteroatoms. The number of piperazine rings is 1. The highest BCUT2D eigenvalue weighted by molar-refractivity contribution is 5.99. The van der Waals surface area contributed by atoms with Gasteiger partial charge in [0.2, 0.25) is 5.91 Å². The summed E-state index contributed by atoms with van der Waals surface area (Å²) in [5.41, 5.74) is 3.74. The summed E-state index contributed by atoms with van der Waals surface area (Å²) in [5, 5.41) is 5.73. The van der Waals surface area contributed by atoms with E-state index >= 15 is 0 Å². The van der Waals surface area contributed by atoms with Crippen molar-refractivity contribution in [2.75, 3.05) is 41.7 Å². The lowest BCUT2D eigenvalue weighted by atomic mass is 10.0. The molecule has 0 aromatic heterocycles. The van der Waals surface area contributed by atoms with Gasteiger partial charge in [0.05, 0.1) is 0 Å². The van der Waals surface area contributed by atoms with Gasteiger partial charge in [0.25, 0.3) is 0 Å². The van der Waals surface area contributed by atoms with Crippen LogP contribution in [0.4, 0.5) is 21.9 Å². The Labute approximate surface area is 191 Å². The second-order valence-corrected chi connectivity index (χ2v) is 9.05. The molecule has 0 bridgehead atoms. The molecule has 0 radical (unpaired) electrons. The quantitative estimate of drug-likeness (QED) is 0.652. The van der Waals surface area contributed by atoms with Gasteiger partial charge in [0.15, 0.2) is 0 Å². The molecule has 0 unspecified atom stereocenters. The van der Waals surface area contributed by atoms with Crippen LogP contribution in [0, 0.1) is 12.8 Å². The Morgan fingerprint density at radius 2 is 1.59 bits per heavy atom. The zero-order chi connectivity index (χ0) is 22.3. The smallest absolute Gasteiger partial charge is 0.323 e. The lowest BCUT2D eigenvalue weighted by Crippen LogP contribution is -2.48. The number of nitrogens with zero attached hydrogens (tertiary/aromatic N) is 2. The third-order valence-electron chi connectivity index (χ3n) is 6.64. The average molecular weight is 435 g/mol. The van der Waals surface area contributed by atoms with Crippen LogP contribution in [0.3, 0.4) is 0 Å². The SMILES string of the molecule is Cc1cccc(NC(=O)Nc2ccc(N3CCN(C(=O)CCC4CCCC4)CC3)cc2)c1. The zero-order valence-corrected chi connectivity index (χ0v) is 19.0. The van der Waals surface area contributed by atoms with Crippen LogP contribution in [-0.2, 0) is 4.79 Å². The number of anilines is 3. The highest BCUT2D eigenvalue weighted by atomic mass is 16.2. The second-order valence-electron chi connectivity index (χ2n) is 9.05. The molecule has 3 amide bonds. The predicted octanol–water partition coefficient (Wildman–Crippen LogP) is 5.26. The number of carbonyl (C=O) groups is 2. The predicted molar refractivity (Wildman–Crippen MR) is 130 cm³/mol. The van der Waals surface area contributed by atoms with Crippen LogP contribution < -0.4 is 15.5 Å². The number of benzene rings is 2. The van der Waals surface area contributed by atoms with Crippen molar-refractivity contribution in [3.8, 4) is 0 Å². The van der Waals surface area contributed by atoms with Gasteiger partial charge in [-0.1, -0.05) is 37.8 Å². The summed E-state index contributed by atoms with van der Waals surface area (Å²) in [6.07, 6.45) is 7.05. The summed E-state index contributed by atoms with van der Waals surface area (Å²) in [4.78, 5) is 29.1. The fraction of sp³-hybridized carbons (Fsp3) is 0.462. The average Bonchev–Trinajstić information content (AvgIpc) is 3.32. The summed E-state index contributed by atoms with van der Waals surface area (Å²) in [7, 11) is 0. The molecule has 1 saturated heterocycles. The number of urea groups is 1. The van der Waals surface area contributed by atoms with Crippen molar-refractivity contribution < 1.29 is 9.59 Å². The first-order valence-electron chi connectivity index (χ1n) is 11.8. The Kier molecular flexibility index (Phi) is 7.30. The zero-order valence-electron chi connectivity index (χ0n) is 19.0. The highest BCUT2D eigenvalue weighted by Gasteiger charge is 2.23. The Morgan fingerprint density at radius 3 is 2.28 bits per heavy atom. The molecule has 32 heavy (non-hydrogen) atoms. The van der Waals surface area contributed by atoms with Gasteiger partial charge in [-0.3, -0.25) is 4.79 Å². The summed E-state index contributed by atoms with van der Waals surface area (Å²) < 4.78 is 0. The minimum absolute atomic E-state index is 0.256. The molecule has 6 nitrogen and oxygen atoms in total. The van der Waals surface area contributed by atoms with E-state index in [0.717, 1.165) is 61.1 Å².